The van der Waals surface area contributed by atoms with Gasteiger partial charge in [-0.1, -0.05) is 0 Å². The second-order valence-electron chi connectivity index (χ2n) is 3.97. The first kappa shape index (κ1) is 15.0. The minimum absolute atomic E-state index is 1.28. The van der Waals surface area contributed by atoms with E-state index in [2.05, 4.69) is 46.4 Å². The SMILES string of the molecule is F[P-](F)(F)(F)(F)F.c1cc[n+]2ccc3sccc3c2c1. The first-order valence-corrected chi connectivity index (χ1v) is 8.13. The molecule has 0 atom stereocenters. The molecule has 0 aromatic carbocycles. The van der Waals surface area contributed by atoms with Gasteiger partial charge >= 0.3 is 33.0 Å². The van der Waals surface area contributed by atoms with E-state index in [0.29, 0.717) is 0 Å². The molecule has 3 aromatic heterocycles. The maximum atomic E-state index is 9.87. The van der Waals surface area contributed by atoms with E-state index in [9.17, 15) is 25.2 Å². The molecule has 3 heterocycles. The molecule has 0 aliphatic heterocycles. The van der Waals surface area contributed by atoms with E-state index in [-0.39, 0.29) is 0 Å². The fourth-order valence-electron chi connectivity index (χ4n) is 1.62. The Kier molecular flexibility index (Phi) is 3.04. The largest absolute Gasteiger partial charge is 0.219 e. The van der Waals surface area contributed by atoms with Crippen LogP contribution in [0.25, 0.3) is 15.6 Å². The summed E-state index contributed by atoms with van der Waals surface area (Å²) in [6.45, 7) is 0. The Hall–Kier alpha value is -1.40. The van der Waals surface area contributed by atoms with Gasteiger partial charge in [0.05, 0.1) is 5.39 Å². The maximum Gasteiger partial charge on any atom is 0.219 e. The number of halogens is 6. The predicted octanol–water partition coefficient (Wildman–Crippen LogP) is 6.02. The molecule has 20 heavy (non-hydrogen) atoms. The number of rotatable bonds is 0. The summed E-state index contributed by atoms with van der Waals surface area (Å²) in [5, 5.41) is 3.48. The summed E-state index contributed by atoms with van der Waals surface area (Å²) in [7, 11) is -10.7. The summed E-state index contributed by atoms with van der Waals surface area (Å²) in [5.74, 6) is 0. The topological polar surface area (TPSA) is 4.10 Å². The molecule has 0 saturated heterocycles. The van der Waals surface area contributed by atoms with Crippen molar-refractivity contribution in [3.05, 3.63) is 48.1 Å². The fraction of sp³-hybridized carbons (Fsp3) is 0. The van der Waals surface area contributed by atoms with Crippen molar-refractivity contribution >= 4 is 34.7 Å². The minimum Gasteiger partial charge on any atom is -0.167 e. The van der Waals surface area contributed by atoms with Crippen molar-refractivity contribution in [3.63, 3.8) is 0 Å². The van der Waals surface area contributed by atoms with E-state index >= 15 is 0 Å². The van der Waals surface area contributed by atoms with Gasteiger partial charge in [-0.3, -0.25) is 0 Å². The molecule has 0 N–H and O–H groups in total. The molecule has 3 rings (SSSR count). The van der Waals surface area contributed by atoms with Crippen LogP contribution in [0.4, 0.5) is 25.2 Å². The maximum absolute atomic E-state index is 10.7. The van der Waals surface area contributed by atoms with Crippen molar-refractivity contribution in [3.8, 4) is 0 Å². The zero-order valence-electron chi connectivity index (χ0n) is 9.69. The van der Waals surface area contributed by atoms with E-state index in [4.69, 9.17) is 0 Å². The summed E-state index contributed by atoms with van der Waals surface area (Å²) in [4.78, 5) is 0. The van der Waals surface area contributed by atoms with Gasteiger partial charge in [0.25, 0.3) is 0 Å². The standard InChI is InChI=1S/C11H8NS.F6P/c1-2-6-12-7-4-11-9(5-8-13-11)10(12)3-1;1-7(2,3,4,5)6/h1-8H;/q+1;-1. The van der Waals surface area contributed by atoms with Crippen molar-refractivity contribution in [1.82, 2.24) is 0 Å². The van der Waals surface area contributed by atoms with Gasteiger partial charge in [0.15, 0.2) is 12.4 Å². The van der Waals surface area contributed by atoms with Crippen molar-refractivity contribution < 1.29 is 29.6 Å². The molecule has 0 aliphatic carbocycles. The molecule has 9 heteroatoms. The van der Waals surface area contributed by atoms with Gasteiger partial charge < -0.3 is 0 Å². The summed E-state index contributed by atoms with van der Waals surface area (Å²) in [6, 6.07) is 10.6. The van der Waals surface area contributed by atoms with Gasteiger partial charge in [0, 0.05) is 22.9 Å². The van der Waals surface area contributed by atoms with Crippen LogP contribution >= 0.6 is 19.1 Å². The minimum atomic E-state index is -10.7. The van der Waals surface area contributed by atoms with Gasteiger partial charge in [-0.05, 0) is 17.5 Å². The molecule has 1 nitrogen and oxygen atoms in total. The number of aromatic nitrogens is 1. The summed E-state index contributed by atoms with van der Waals surface area (Å²) in [5.41, 5.74) is 1.28. The van der Waals surface area contributed by atoms with E-state index in [0.717, 1.165) is 0 Å². The van der Waals surface area contributed by atoms with Gasteiger partial charge in [-0.2, -0.15) is 4.40 Å². The van der Waals surface area contributed by atoms with Crippen LogP contribution in [0.3, 0.4) is 0 Å². The van der Waals surface area contributed by atoms with Crippen molar-refractivity contribution in [2.45, 2.75) is 0 Å². The fourth-order valence-corrected chi connectivity index (χ4v) is 2.41. The zero-order valence-corrected chi connectivity index (χ0v) is 11.4. The Morgan fingerprint density at radius 1 is 0.850 bits per heavy atom. The molecule has 0 radical (unpaired) electrons. The third-order valence-corrected chi connectivity index (χ3v) is 3.13. The Bertz CT molecular complexity index is 753. The van der Waals surface area contributed by atoms with Crippen LogP contribution in [-0.2, 0) is 0 Å². The second kappa shape index (κ2) is 4.05. The number of thiophene rings is 1. The molecular formula is C11H8F6NPS. The van der Waals surface area contributed by atoms with E-state index in [1.165, 1.54) is 15.6 Å². The predicted molar refractivity (Wildman–Crippen MR) is 68.6 cm³/mol. The molecule has 0 spiro atoms. The monoisotopic (exact) mass is 331 g/mol. The molecule has 0 bridgehead atoms. The van der Waals surface area contributed by atoms with Crippen LogP contribution < -0.4 is 4.40 Å². The average Bonchev–Trinajstić information content (AvgIpc) is 2.73. The molecule has 0 saturated carbocycles. The Labute approximate surface area is 113 Å². The van der Waals surface area contributed by atoms with Gasteiger partial charge in [-0.25, -0.2) is 0 Å². The second-order valence-corrected chi connectivity index (χ2v) is 6.83. The number of hydrogen-bond acceptors (Lipinski definition) is 1. The zero-order chi connectivity index (χ0) is 15.1. The van der Waals surface area contributed by atoms with Gasteiger partial charge in [-0.15, -0.1) is 11.3 Å². The molecular weight excluding hydrogens is 323 g/mol. The van der Waals surface area contributed by atoms with Crippen LogP contribution in [0.5, 0.6) is 0 Å². The third kappa shape index (κ3) is 4.94. The Morgan fingerprint density at radius 3 is 2.15 bits per heavy atom. The van der Waals surface area contributed by atoms with Crippen LogP contribution in [0.2, 0.25) is 0 Å². The van der Waals surface area contributed by atoms with E-state index in [1.807, 2.05) is 6.07 Å². The Balaban J connectivity index is 0.000000182. The summed E-state index contributed by atoms with van der Waals surface area (Å²) < 4.78 is 62.7. The molecule has 0 amide bonds. The van der Waals surface area contributed by atoms with E-state index < -0.39 is 7.81 Å². The molecule has 0 fully saturated rings. The number of pyridine rings is 2. The first-order chi connectivity index (χ1) is 8.90. The normalized spacial score (nSPS) is 15.3. The summed E-state index contributed by atoms with van der Waals surface area (Å²) >= 11 is 1.79. The molecule has 3 aromatic rings. The van der Waals surface area contributed by atoms with Crippen molar-refractivity contribution in [2.24, 2.45) is 0 Å². The van der Waals surface area contributed by atoms with Crippen LogP contribution in [0.15, 0.2) is 48.1 Å². The van der Waals surface area contributed by atoms with Crippen molar-refractivity contribution in [2.75, 3.05) is 0 Å². The Morgan fingerprint density at radius 2 is 1.50 bits per heavy atom. The first-order valence-electron chi connectivity index (χ1n) is 5.23. The third-order valence-electron chi connectivity index (χ3n) is 2.25. The smallest absolute Gasteiger partial charge is 0.167 e. The molecule has 0 unspecified atom stereocenters. The van der Waals surface area contributed by atoms with Gasteiger partial charge in [0.1, 0.15) is 0 Å². The number of nitrogens with zero attached hydrogens (tertiary/aromatic N) is 1. The quantitative estimate of drug-likeness (QED) is 0.269. The average molecular weight is 331 g/mol. The summed E-state index contributed by atoms with van der Waals surface area (Å²) in [6.07, 6.45) is 4.18. The van der Waals surface area contributed by atoms with Gasteiger partial charge in [0.2, 0.25) is 5.52 Å². The molecule has 110 valence electrons. The van der Waals surface area contributed by atoms with Crippen LogP contribution in [0, 0.1) is 0 Å². The van der Waals surface area contributed by atoms with Crippen LogP contribution in [0.1, 0.15) is 0 Å². The van der Waals surface area contributed by atoms with E-state index in [1.54, 1.807) is 11.3 Å². The van der Waals surface area contributed by atoms with Crippen molar-refractivity contribution in [1.29, 1.82) is 0 Å². The molecule has 0 aliphatic rings. The number of hydrogen-bond donors (Lipinski definition) is 0. The number of fused-ring (bicyclic) bond motifs is 3. The van der Waals surface area contributed by atoms with Crippen LogP contribution in [-0.4, -0.2) is 0 Å².